The molecule has 1 aliphatic rings. The van der Waals surface area contributed by atoms with Gasteiger partial charge in [-0.3, -0.25) is 4.79 Å². The van der Waals surface area contributed by atoms with Crippen molar-refractivity contribution in [1.82, 2.24) is 10.2 Å². The fraction of sp³-hybridized carbons (Fsp3) is 0.467. The number of alkyl carbamates (subject to hydrolysis) is 1. The predicted octanol–water partition coefficient (Wildman–Crippen LogP) is 2.14. The van der Waals surface area contributed by atoms with Crippen LogP contribution in [0.5, 0.6) is 0 Å². The molecule has 21 heavy (non-hydrogen) atoms. The number of nitrogens with one attached hydrogen (secondary N) is 1. The Kier molecular flexibility index (Phi) is 5.87. The lowest BCUT2D eigenvalue weighted by Gasteiger charge is -2.24. The summed E-state index contributed by atoms with van der Waals surface area (Å²) in [6, 6.07) is 9.50. The average molecular weight is 311 g/mol. The van der Waals surface area contributed by atoms with E-state index in [4.69, 9.17) is 16.3 Å². The molecule has 0 radical (unpaired) electrons. The molecule has 6 heteroatoms. The minimum atomic E-state index is -0.468. The topological polar surface area (TPSA) is 58.6 Å². The molecular formula is C15H19ClN2O3. The zero-order valence-electron chi connectivity index (χ0n) is 11.8. The number of hydrogen-bond acceptors (Lipinski definition) is 3. The van der Waals surface area contributed by atoms with Crippen LogP contribution in [0.4, 0.5) is 4.79 Å². The number of halogens is 1. The molecule has 0 spiro atoms. The number of benzene rings is 1. The van der Waals surface area contributed by atoms with E-state index in [0.29, 0.717) is 13.1 Å². The average Bonchev–Trinajstić information content (AvgIpc) is 2.99. The molecular weight excluding hydrogens is 292 g/mol. The highest BCUT2D eigenvalue weighted by atomic mass is 35.5. The van der Waals surface area contributed by atoms with Crippen molar-refractivity contribution in [3.05, 3.63) is 35.9 Å². The molecule has 0 unspecified atom stereocenters. The van der Waals surface area contributed by atoms with Crippen LogP contribution in [0.15, 0.2) is 30.3 Å². The first kappa shape index (κ1) is 15.6. The molecule has 2 rings (SSSR count). The number of nitrogens with zero attached hydrogens (tertiary/aromatic N) is 1. The lowest BCUT2D eigenvalue weighted by molar-refractivity contribution is -0.129. The first-order chi connectivity index (χ1) is 10.2. The maximum atomic E-state index is 11.7. The van der Waals surface area contributed by atoms with E-state index >= 15 is 0 Å². The van der Waals surface area contributed by atoms with Crippen molar-refractivity contribution in [3.8, 4) is 0 Å². The van der Waals surface area contributed by atoms with E-state index in [1.807, 2.05) is 30.3 Å². The molecule has 1 aromatic rings. The zero-order chi connectivity index (χ0) is 15.1. The molecule has 0 saturated carbocycles. The third kappa shape index (κ3) is 4.63. The lowest BCUT2D eigenvalue weighted by Crippen LogP contribution is -2.43. The Morgan fingerprint density at radius 3 is 2.81 bits per heavy atom. The second-order valence-corrected chi connectivity index (χ2v) is 5.23. The third-order valence-electron chi connectivity index (χ3n) is 3.51. The Bertz CT molecular complexity index is 481. The second-order valence-electron chi connectivity index (χ2n) is 4.96. The van der Waals surface area contributed by atoms with Crippen molar-refractivity contribution >= 4 is 23.6 Å². The second kappa shape index (κ2) is 7.88. The number of carbonyl (C=O) groups excluding carboxylic acids is 2. The number of alkyl halides is 1. The maximum absolute atomic E-state index is 11.7. The Morgan fingerprint density at radius 2 is 2.10 bits per heavy atom. The largest absolute Gasteiger partial charge is 0.445 e. The van der Waals surface area contributed by atoms with Crippen molar-refractivity contribution < 1.29 is 14.3 Å². The van der Waals surface area contributed by atoms with Gasteiger partial charge < -0.3 is 15.0 Å². The lowest BCUT2D eigenvalue weighted by atomic mass is 10.2. The van der Waals surface area contributed by atoms with Gasteiger partial charge in [0.05, 0.1) is 0 Å². The van der Waals surface area contributed by atoms with Crippen molar-refractivity contribution in [2.24, 2.45) is 0 Å². The summed E-state index contributed by atoms with van der Waals surface area (Å²) in [5.74, 6) is -0.104. The summed E-state index contributed by atoms with van der Waals surface area (Å²) in [6.45, 7) is 1.34. The molecule has 2 amide bonds. The first-order valence-corrected chi connectivity index (χ1v) is 7.54. The van der Waals surface area contributed by atoms with E-state index in [0.717, 1.165) is 18.4 Å². The monoisotopic (exact) mass is 310 g/mol. The molecule has 1 fully saturated rings. The van der Waals surface area contributed by atoms with Crippen molar-refractivity contribution in [2.45, 2.75) is 25.5 Å². The number of rotatable bonds is 5. The van der Waals surface area contributed by atoms with Gasteiger partial charge >= 0.3 is 6.09 Å². The quantitative estimate of drug-likeness (QED) is 0.848. The first-order valence-electron chi connectivity index (χ1n) is 7.00. The molecule has 114 valence electrons. The van der Waals surface area contributed by atoms with Crippen LogP contribution in [-0.2, 0) is 16.1 Å². The Morgan fingerprint density at radius 1 is 1.33 bits per heavy atom. The van der Waals surface area contributed by atoms with Crippen LogP contribution in [0.1, 0.15) is 18.4 Å². The van der Waals surface area contributed by atoms with Crippen LogP contribution in [0.2, 0.25) is 0 Å². The van der Waals surface area contributed by atoms with Gasteiger partial charge in [-0.15, -0.1) is 11.6 Å². The van der Waals surface area contributed by atoms with Crippen molar-refractivity contribution in [1.29, 1.82) is 0 Å². The van der Waals surface area contributed by atoms with Crippen LogP contribution in [0.3, 0.4) is 0 Å². The highest BCUT2D eigenvalue weighted by Crippen LogP contribution is 2.17. The van der Waals surface area contributed by atoms with E-state index in [1.54, 1.807) is 4.90 Å². The van der Waals surface area contributed by atoms with Gasteiger partial charge in [0.2, 0.25) is 5.91 Å². The molecule has 0 aliphatic carbocycles. The molecule has 1 N–H and O–H groups in total. The summed E-state index contributed by atoms with van der Waals surface area (Å²) >= 11 is 5.57. The number of hydrogen-bond donors (Lipinski definition) is 1. The Balaban J connectivity index is 1.72. The summed E-state index contributed by atoms with van der Waals surface area (Å²) in [5, 5.41) is 2.71. The minimum Gasteiger partial charge on any atom is -0.445 e. The molecule has 0 aromatic heterocycles. The van der Waals surface area contributed by atoms with Crippen LogP contribution in [0.25, 0.3) is 0 Å². The van der Waals surface area contributed by atoms with E-state index < -0.39 is 6.09 Å². The number of amides is 2. The van der Waals surface area contributed by atoms with Gasteiger partial charge in [-0.2, -0.15) is 0 Å². The minimum absolute atomic E-state index is 0.0144. The van der Waals surface area contributed by atoms with Crippen LogP contribution < -0.4 is 5.32 Å². The fourth-order valence-electron chi connectivity index (χ4n) is 2.43. The summed E-state index contributed by atoms with van der Waals surface area (Å²) in [7, 11) is 0. The zero-order valence-corrected chi connectivity index (χ0v) is 12.5. The smallest absolute Gasteiger partial charge is 0.407 e. The molecule has 1 atom stereocenters. The fourth-order valence-corrected chi connectivity index (χ4v) is 2.58. The number of carbonyl (C=O) groups is 2. The number of ether oxygens (including phenoxy) is 1. The van der Waals surface area contributed by atoms with Crippen molar-refractivity contribution in [3.63, 3.8) is 0 Å². The highest BCUT2D eigenvalue weighted by molar-refractivity contribution is 6.27. The van der Waals surface area contributed by atoms with E-state index in [2.05, 4.69) is 5.32 Å². The van der Waals surface area contributed by atoms with Gasteiger partial charge in [-0.05, 0) is 18.4 Å². The molecule has 0 bridgehead atoms. The summed E-state index contributed by atoms with van der Waals surface area (Å²) in [4.78, 5) is 25.0. The van der Waals surface area contributed by atoms with Crippen molar-refractivity contribution in [2.75, 3.05) is 19.0 Å². The number of likely N-dealkylation sites (tertiary alicyclic amines) is 1. The summed E-state index contributed by atoms with van der Waals surface area (Å²) < 4.78 is 5.13. The summed E-state index contributed by atoms with van der Waals surface area (Å²) in [5.41, 5.74) is 0.937. The standard InChI is InChI=1S/C15H19ClN2O3/c16-9-14(19)18-8-4-7-13(18)10-17-15(20)21-11-12-5-2-1-3-6-12/h1-3,5-6,13H,4,7-11H2,(H,17,20)/t13-/m0/s1. The van der Waals surface area contributed by atoms with Crippen LogP contribution >= 0.6 is 11.6 Å². The SMILES string of the molecule is O=C(NC[C@@H]1CCCN1C(=O)CCl)OCc1ccccc1. The van der Waals surface area contributed by atoms with Gasteiger partial charge in [-0.1, -0.05) is 30.3 Å². The molecule has 1 saturated heterocycles. The van der Waals surface area contributed by atoms with E-state index in [-0.39, 0.29) is 24.4 Å². The van der Waals surface area contributed by atoms with E-state index in [1.165, 1.54) is 0 Å². The Labute approximate surface area is 129 Å². The molecule has 5 nitrogen and oxygen atoms in total. The van der Waals surface area contributed by atoms with Crippen LogP contribution in [0, 0.1) is 0 Å². The van der Waals surface area contributed by atoms with Gasteiger partial charge in [0.15, 0.2) is 0 Å². The normalized spacial score (nSPS) is 17.6. The molecule has 1 aliphatic heterocycles. The van der Waals surface area contributed by atoms with Gasteiger partial charge in [0.25, 0.3) is 0 Å². The van der Waals surface area contributed by atoms with Gasteiger partial charge in [0.1, 0.15) is 12.5 Å². The molecule has 1 aromatic carbocycles. The Hall–Kier alpha value is -1.75. The van der Waals surface area contributed by atoms with E-state index in [9.17, 15) is 9.59 Å². The highest BCUT2D eigenvalue weighted by Gasteiger charge is 2.28. The molecule has 1 heterocycles. The third-order valence-corrected chi connectivity index (χ3v) is 3.74. The van der Waals surface area contributed by atoms with Gasteiger partial charge in [-0.25, -0.2) is 4.79 Å². The van der Waals surface area contributed by atoms with Crippen LogP contribution in [-0.4, -0.2) is 41.9 Å². The summed E-state index contributed by atoms with van der Waals surface area (Å²) in [6.07, 6.45) is 1.35. The predicted molar refractivity (Wildman–Crippen MR) is 80.1 cm³/mol. The van der Waals surface area contributed by atoms with Gasteiger partial charge in [0, 0.05) is 19.1 Å². The maximum Gasteiger partial charge on any atom is 0.407 e.